The second-order valence-electron chi connectivity index (χ2n) is 5.62. The highest BCUT2D eigenvalue weighted by Crippen LogP contribution is 2.18. The highest BCUT2D eigenvalue weighted by molar-refractivity contribution is 6.30. The van der Waals surface area contributed by atoms with Gasteiger partial charge in [0, 0.05) is 29.7 Å². The van der Waals surface area contributed by atoms with E-state index in [-0.39, 0.29) is 5.82 Å². The summed E-state index contributed by atoms with van der Waals surface area (Å²) in [5.41, 5.74) is 0.701. The minimum Gasteiger partial charge on any atom is -0.313 e. The predicted molar refractivity (Wildman–Crippen MR) is 82.6 cm³/mol. The maximum Gasteiger partial charge on any atom is 0.127 e. The monoisotopic (exact) mass is 298 g/mol. The van der Waals surface area contributed by atoms with Crippen LogP contribution < -0.4 is 5.32 Å². The van der Waals surface area contributed by atoms with Crippen molar-refractivity contribution in [1.29, 1.82) is 0 Å². The maximum atomic E-state index is 13.9. The highest BCUT2D eigenvalue weighted by atomic mass is 35.5. The molecule has 1 aromatic rings. The quantitative estimate of drug-likeness (QED) is 0.823. The molecule has 1 unspecified atom stereocenters. The van der Waals surface area contributed by atoms with Crippen molar-refractivity contribution in [2.75, 3.05) is 19.6 Å². The number of unbranched alkanes of at least 4 members (excludes halogenated alkanes) is 1. The SMILES string of the molecule is CCCCN(Cc1cc(Cl)ccc1F)CC1CCCN1. The molecule has 1 heterocycles. The second kappa shape index (κ2) is 7.96. The number of nitrogens with one attached hydrogen (secondary N) is 1. The molecule has 0 radical (unpaired) electrons. The maximum absolute atomic E-state index is 13.9. The third kappa shape index (κ3) is 4.72. The minimum atomic E-state index is -0.157. The molecule has 1 N–H and O–H groups in total. The molecule has 2 nitrogen and oxygen atoms in total. The number of hydrogen-bond acceptors (Lipinski definition) is 2. The van der Waals surface area contributed by atoms with Crippen molar-refractivity contribution >= 4 is 11.6 Å². The Labute approximate surface area is 126 Å². The third-order valence-corrected chi connectivity index (χ3v) is 4.11. The van der Waals surface area contributed by atoms with E-state index in [1.54, 1.807) is 12.1 Å². The molecule has 0 spiro atoms. The first kappa shape index (κ1) is 15.7. The molecule has 1 atom stereocenters. The molecule has 112 valence electrons. The first-order chi connectivity index (χ1) is 9.69. The summed E-state index contributed by atoms with van der Waals surface area (Å²) in [6, 6.07) is 5.37. The molecule has 1 fully saturated rings. The zero-order chi connectivity index (χ0) is 14.4. The lowest BCUT2D eigenvalue weighted by Crippen LogP contribution is -2.37. The van der Waals surface area contributed by atoms with E-state index in [2.05, 4.69) is 17.1 Å². The molecule has 0 aliphatic carbocycles. The topological polar surface area (TPSA) is 15.3 Å². The van der Waals surface area contributed by atoms with Gasteiger partial charge in [0.05, 0.1) is 0 Å². The molecule has 2 rings (SSSR count). The summed E-state index contributed by atoms with van der Waals surface area (Å²) in [7, 11) is 0. The Balaban J connectivity index is 1.99. The van der Waals surface area contributed by atoms with Gasteiger partial charge in [-0.3, -0.25) is 4.90 Å². The lowest BCUT2D eigenvalue weighted by Gasteiger charge is -2.26. The van der Waals surface area contributed by atoms with Gasteiger partial charge in [0.1, 0.15) is 5.82 Å². The van der Waals surface area contributed by atoms with Gasteiger partial charge in [0.2, 0.25) is 0 Å². The van der Waals surface area contributed by atoms with Gasteiger partial charge in [-0.1, -0.05) is 24.9 Å². The number of nitrogens with zero attached hydrogens (tertiary/aromatic N) is 1. The number of hydrogen-bond donors (Lipinski definition) is 1. The standard InChI is InChI=1S/C16H24ClFN2/c1-2-3-9-20(12-15-5-4-8-19-15)11-13-10-14(17)6-7-16(13)18/h6-7,10,15,19H,2-5,8-9,11-12H2,1H3. The Kier molecular flexibility index (Phi) is 6.27. The van der Waals surface area contributed by atoms with Crippen LogP contribution in [0.3, 0.4) is 0 Å². The lowest BCUT2D eigenvalue weighted by molar-refractivity contribution is 0.235. The van der Waals surface area contributed by atoms with Crippen molar-refractivity contribution in [3.05, 3.63) is 34.6 Å². The molecule has 1 aliphatic heterocycles. The van der Waals surface area contributed by atoms with Gasteiger partial charge < -0.3 is 5.32 Å². The van der Waals surface area contributed by atoms with Crippen LogP contribution in [-0.4, -0.2) is 30.6 Å². The van der Waals surface area contributed by atoms with Gasteiger partial charge in [-0.15, -0.1) is 0 Å². The molecule has 0 aromatic heterocycles. The summed E-state index contributed by atoms with van der Waals surface area (Å²) >= 11 is 5.98. The zero-order valence-corrected chi connectivity index (χ0v) is 12.9. The molecule has 20 heavy (non-hydrogen) atoms. The van der Waals surface area contributed by atoms with Crippen molar-refractivity contribution in [3.8, 4) is 0 Å². The van der Waals surface area contributed by atoms with E-state index >= 15 is 0 Å². The van der Waals surface area contributed by atoms with Crippen LogP contribution in [0, 0.1) is 5.82 Å². The average molecular weight is 299 g/mol. The molecule has 1 aliphatic rings. The average Bonchev–Trinajstić information content (AvgIpc) is 2.93. The van der Waals surface area contributed by atoms with Gasteiger partial charge in [0.15, 0.2) is 0 Å². The molecule has 0 saturated carbocycles. The van der Waals surface area contributed by atoms with Crippen molar-refractivity contribution < 1.29 is 4.39 Å². The summed E-state index contributed by atoms with van der Waals surface area (Å²) in [6.07, 6.45) is 4.78. The van der Waals surface area contributed by atoms with E-state index in [1.807, 2.05) is 0 Å². The smallest absolute Gasteiger partial charge is 0.127 e. The van der Waals surface area contributed by atoms with Crippen LogP contribution in [0.25, 0.3) is 0 Å². The van der Waals surface area contributed by atoms with Gasteiger partial charge in [-0.05, 0) is 50.6 Å². The molecule has 0 amide bonds. The van der Waals surface area contributed by atoms with Crippen molar-refractivity contribution in [1.82, 2.24) is 10.2 Å². The van der Waals surface area contributed by atoms with Gasteiger partial charge in [-0.2, -0.15) is 0 Å². The summed E-state index contributed by atoms with van der Waals surface area (Å²) in [4.78, 5) is 2.35. The van der Waals surface area contributed by atoms with Crippen LogP contribution in [0.4, 0.5) is 4.39 Å². The zero-order valence-electron chi connectivity index (χ0n) is 12.2. The van der Waals surface area contributed by atoms with Gasteiger partial charge in [0.25, 0.3) is 0 Å². The number of rotatable bonds is 7. The molecule has 0 bridgehead atoms. The summed E-state index contributed by atoms with van der Waals surface area (Å²) in [5, 5.41) is 4.12. The highest BCUT2D eigenvalue weighted by Gasteiger charge is 2.18. The Morgan fingerprint density at radius 1 is 1.45 bits per heavy atom. The number of halogens is 2. The number of benzene rings is 1. The Morgan fingerprint density at radius 3 is 3.00 bits per heavy atom. The van der Waals surface area contributed by atoms with Gasteiger partial charge in [-0.25, -0.2) is 4.39 Å². The summed E-state index contributed by atoms with van der Waals surface area (Å²) in [5.74, 6) is -0.157. The molecule has 1 saturated heterocycles. The van der Waals surface area contributed by atoms with Gasteiger partial charge >= 0.3 is 0 Å². The normalized spacial score (nSPS) is 18.9. The fourth-order valence-electron chi connectivity index (χ4n) is 2.75. The third-order valence-electron chi connectivity index (χ3n) is 3.87. The predicted octanol–water partition coefficient (Wildman–Crippen LogP) is 3.83. The van der Waals surface area contributed by atoms with E-state index < -0.39 is 0 Å². The van der Waals surface area contributed by atoms with Crippen molar-refractivity contribution in [3.63, 3.8) is 0 Å². The lowest BCUT2D eigenvalue weighted by atomic mass is 10.1. The molecular formula is C16H24ClFN2. The van der Waals surface area contributed by atoms with E-state index in [0.717, 1.165) is 32.5 Å². The second-order valence-corrected chi connectivity index (χ2v) is 6.05. The first-order valence-corrected chi connectivity index (χ1v) is 7.96. The fraction of sp³-hybridized carbons (Fsp3) is 0.625. The fourth-order valence-corrected chi connectivity index (χ4v) is 2.94. The van der Waals surface area contributed by atoms with Crippen LogP contribution in [0.1, 0.15) is 38.2 Å². The van der Waals surface area contributed by atoms with E-state index in [0.29, 0.717) is 23.2 Å². The van der Waals surface area contributed by atoms with Crippen molar-refractivity contribution in [2.45, 2.75) is 45.2 Å². The van der Waals surface area contributed by atoms with Crippen LogP contribution in [0.15, 0.2) is 18.2 Å². The molecular weight excluding hydrogens is 275 g/mol. The van der Waals surface area contributed by atoms with Crippen LogP contribution in [0.2, 0.25) is 5.02 Å². The Bertz CT molecular complexity index is 419. The summed E-state index contributed by atoms with van der Waals surface area (Å²) in [6.45, 7) is 5.95. The van der Waals surface area contributed by atoms with Crippen LogP contribution in [0.5, 0.6) is 0 Å². The van der Waals surface area contributed by atoms with Crippen LogP contribution in [-0.2, 0) is 6.54 Å². The van der Waals surface area contributed by atoms with E-state index in [9.17, 15) is 4.39 Å². The first-order valence-electron chi connectivity index (χ1n) is 7.58. The minimum absolute atomic E-state index is 0.157. The largest absolute Gasteiger partial charge is 0.313 e. The van der Waals surface area contributed by atoms with E-state index in [1.165, 1.54) is 18.9 Å². The van der Waals surface area contributed by atoms with E-state index in [4.69, 9.17) is 11.6 Å². The molecule has 4 heteroatoms. The molecule has 1 aromatic carbocycles. The Morgan fingerprint density at radius 2 is 2.30 bits per heavy atom. The van der Waals surface area contributed by atoms with Crippen LogP contribution >= 0.6 is 11.6 Å². The van der Waals surface area contributed by atoms with Crippen molar-refractivity contribution in [2.24, 2.45) is 0 Å². The Hall–Kier alpha value is -0.640. The summed E-state index contributed by atoms with van der Waals surface area (Å²) < 4.78 is 13.9.